The third kappa shape index (κ3) is 5.30. The smallest absolute Gasteiger partial charge is 0.0147 e. The van der Waals surface area contributed by atoms with Crippen molar-refractivity contribution in [2.24, 2.45) is 5.92 Å². The molecule has 0 aliphatic heterocycles. The normalized spacial score (nSPS) is 14.5. The second kappa shape index (κ2) is 6.42. The van der Waals surface area contributed by atoms with Crippen molar-refractivity contribution in [3.8, 4) is 0 Å². The van der Waals surface area contributed by atoms with Crippen molar-refractivity contribution in [3.05, 3.63) is 0 Å². The van der Waals surface area contributed by atoms with Crippen molar-refractivity contribution in [2.45, 2.75) is 65.3 Å². The van der Waals surface area contributed by atoms with Gasteiger partial charge in [0.25, 0.3) is 0 Å². The largest absolute Gasteiger partial charge is 0.315 e. The molecule has 0 amide bonds. The summed E-state index contributed by atoms with van der Waals surface area (Å²) in [5.74, 6) is 0.773. The Balaban J connectivity index is 3.55. The van der Waals surface area contributed by atoms with Gasteiger partial charge in [0, 0.05) is 5.54 Å². The van der Waals surface area contributed by atoms with Crippen LogP contribution >= 0.6 is 0 Å². The van der Waals surface area contributed by atoms with Crippen LogP contribution in [0.15, 0.2) is 0 Å². The van der Waals surface area contributed by atoms with Crippen molar-refractivity contribution in [1.29, 1.82) is 0 Å². The zero-order valence-corrected chi connectivity index (χ0v) is 10.1. The lowest BCUT2D eigenvalue weighted by molar-refractivity contribution is 0.267. The Hall–Kier alpha value is -0.0400. The molecule has 80 valence electrons. The highest BCUT2D eigenvalue weighted by molar-refractivity contribution is 4.81. The van der Waals surface area contributed by atoms with Crippen LogP contribution < -0.4 is 5.32 Å². The summed E-state index contributed by atoms with van der Waals surface area (Å²) in [5, 5.41) is 3.38. The summed E-state index contributed by atoms with van der Waals surface area (Å²) in [4.78, 5) is 0. The second-order valence-corrected chi connectivity index (χ2v) is 4.72. The van der Waals surface area contributed by atoms with Crippen LogP contribution in [0.2, 0.25) is 0 Å². The molecule has 0 saturated heterocycles. The van der Waals surface area contributed by atoms with E-state index in [0.29, 0.717) is 5.54 Å². The zero-order valence-electron chi connectivity index (χ0n) is 10.1. The number of hydrogen-bond donors (Lipinski definition) is 1. The lowest BCUT2D eigenvalue weighted by atomic mass is 9.85. The average Bonchev–Trinajstić information content (AvgIpc) is 2.12. The lowest BCUT2D eigenvalue weighted by Crippen LogP contribution is -2.42. The van der Waals surface area contributed by atoms with Crippen molar-refractivity contribution in [3.63, 3.8) is 0 Å². The highest BCUT2D eigenvalue weighted by Gasteiger charge is 2.22. The Kier molecular flexibility index (Phi) is 6.40. The van der Waals surface area contributed by atoms with E-state index in [1.807, 2.05) is 0 Å². The fraction of sp³-hybridized carbons (Fsp3) is 1.00. The standard InChI is InChI=1S/C12H27N/c1-6-7-8-9-10-11(2)12(3,4)13-5/h11,13H,6-10H2,1-5H3. The quantitative estimate of drug-likeness (QED) is 0.598. The first-order valence-electron chi connectivity index (χ1n) is 5.73. The van der Waals surface area contributed by atoms with Gasteiger partial charge in [-0.3, -0.25) is 0 Å². The van der Waals surface area contributed by atoms with Crippen LogP contribution in [0.4, 0.5) is 0 Å². The van der Waals surface area contributed by atoms with Gasteiger partial charge in [0.05, 0.1) is 0 Å². The summed E-state index contributed by atoms with van der Waals surface area (Å²) >= 11 is 0. The Morgan fingerprint density at radius 2 is 1.77 bits per heavy atom. The molecule has 1 heteroatoms. The minimum Gasteiger partial charge on any atom is -0.315 e. The third-order valence-electron chi connectivity index (χ3n) is 3.37. The Labute approximate surface area is 84.3 Å². The maximum Gasteiger partial charge on any atom is 0.0147 e. The maximum atomic E-state index is 3.38. The van der Waals surface area contributed by atoms with E-state index in [9.17, 15) is 0 Å². The molecule has 0 aromatic carbocycles. The topological polar surface area (TPSA) is 12.0 Å². The van der Waals surface area contributed by atoms with Gasteiger partial charge in [0.2, 0.25) is 0 Å². The SMILES string of the molecule is CCCCCCC(C)C(C)(C)NC. The van der Waals surface area contributed by atoms with Crippen LogP contribution in [0.1, 0.15) is 59.8 Å². The monoisotopic (exact) mass is 185 g/mol. The van der Waals surface area contributed by atoms with Crippen LogP contribution in [0, 0.1) is 5.92 Å². The molecule has 0 aromatic heterocycles. The molecule has 0 saturated carbocycles. The minimum atomic E-state index is 0.298. The molecular weight excluding hydrogens is 158 g/mol. The van der Waals surface area contributed by atoms with Crippen molar-refractivity contribution in [1.82, 2.24) is 5.32 Å². The first-order valence-corrected chi connectivity index (χ1v) is 5.73. The molecule has 0 spiro atoms. The molecule has 0 aliphatic rings. The molecule has 0 bridgehead atoms. The fourth-order valence-electron chi connectivity index (χ4n) is 1.48. The Bertz CT molecular complexity index is 118. The highest BCUT2D eigenvalue weighted by atomic mass is 14.9. The van der Waals surface area contributed by atoms with E-state index in [-0.39, 0.29) is 0 Å². The highest BCUT2D eigenvalue weighted by Crippen LogP contribution is 2.21. The van der Waals surface area contributed by atoms with E-state index in [1.54, 1.807) is 0 Å². The Morgan fingerprint density at radius 3 is 2.23 bits per heavy atom. The molecule has 1 atom stereocenters. The molecule has 13 heavy (non-hydrogen) atoms. The molecule has 1 unspecified atom stereocenters. The van der Waals surface area contributed by atoms with Crippen molar-refractivity contribution >= 4 is 0 Å². The molecule has 0 rings (SSSR count). The van der Waals surface area contributed by atoms with Crippen molar-refractivity contribution in [2.75, 3.05) is 7.05 Å². The number of rotatable bonds is 7. The van der Waals surface area contributed by atoms with Gasteiger partial charge in [-0.2, -0.15) is 0 Å². The van der Waals surface area contributed by atoms with Crippen LogP contribution in [0.5, 0.6) is 0 Å². The van der Waals surface area contributed by atoms with Gasteiger partial charge < -0.3 is 5.32 Å². The number of unbranched alkanes of at least 4 members (excludes halogenated alkanes) is 3. The molecule has 0 radical (unpaired) electrons. The van der Waals surface area contributed by atoms with Gasteiger partial charge in [-0.1, -0.05) is 39.5 Å². The molecule has 0 fully saturated rings. The summed E-state index contributed by atoms with van der Waals surface area (Å²) in [7, 11) is 2.06. The van der Waals surface area contributed by atoms with Crippen LogP contribution in [0.25, 0.3) is 0 Å². The fourth-order valence-corrected chi connectivity index (χ4v) is 1.48. The minimum absolute atomic E-state index is 0.298. The molecule has 1 nitrogen and oxygen atoms in total. The van der Waals surface area contributed by atoms with Gasteiger partial charge in [-0.15, -0.1) is 0 Å². The van der Waals surface area contributed by atoms with E-state index < -0.39 is 0 Å². The van der Waals surface area contributed by atoms with Crippen LogP contribution in [0.3, 0.4) is 0 Å². The molecule has 0 aromatic rings. The van der Waals surface area contributed by atoms with E-state index in [2.05, 4.69) is 40.1 Å². The van der Waals surface area contributed by atoms with Crippen LogP contribution in [-0.4, -0.2) is 12.6 Å². The van der Waals surface area contributed by atoms with Gasteiger partial charge >= 0.3 is 0 Å². The lowest BCUT2D eigenvalue weighted by Gasteiger charge is -2.31. The average molecular weight is 185 g/mol. The second-order valence-electron chi connectivity index (χ2n) is 4.72. The summed E-state index contributed by atoms with van der Waals surface area (Å²) in [6.07, 6.45) is 6.88. The van der Waals surface area contributed by atoms with E-state index in [0.717, 1.165) is 5.92 Å². The first-order chi connectivity index (χ1) is 6.04. The Morgan fingerprint density at radius 1 is 1.15 bits per heavy atom. The molecule has 0 aliphatic carbocycles. The van der Waals surface area contributed by atoms with Gasteiger partial charge in [0.15, 0.2) is 0 Å². The molecule has 1 N–H and O–H groups in total. The van der Waals surface area contributed by atoms with Gasteiger partial charge in [-0.25, -0.2) is 0 Å². The van der Waals surface area contributed by atoms with Gasteiger partial charge in [0.1, 0.15) is 0 Å². The summed E-state index contributed by atoms with van der Waals surface area (Å²) in [5.41, 5.74) is 0.298. The van der Waals surface area contributed by atoms with Crippen molar-refractivity contribution < 1.29 is 0 Å². The van der Waals surface area contributed by atoms with E-state index in [1.165, 1.54) is 32.1 Å². The number of nitrogens with one attached hydrogen (secondary N) is 1. The zero-order chi connectivity index (χ0) is 10.3. The van der Waals surface area contributed by atoms with E-state index in [4.69, 9.17) is 0 Å². The van der Waals surface area contributed by atoms with Gasteiger partial charge in [-0.05, 0) is 33.2 Å². The predicted molar refractivity (Wildman–Crippen MR) is 61.1 cm³/mol. The molecular formula is C12H27N. The third-order valence-corrected chi connectivity index (χ3v) is 3.37. The molecule has 0 heterocycles. The summed E-state index contributed by atoms with van der Waals surface area (Å²) in [6.45, 7) is 9.19. The first kappa shape index (κ1) is 13.0. The van der Waals surface area contributed by atoms with E-state index >= 15 is 0 Å². The maximum absolute atomic E-state index is 3.38. The van der Waals surface area contributed by atoms with Crippen LogP contribution in [-0.2, 0) is 0 Å². The predicted octanol–water partition coefficient (Wildman–Crippen LogP) is 3.59. The summed E-state index contributed by atoms with van der Waals surface area (Å²) < 4.78 is 0. The summed E-state index contributed by atoms with van der Waals surface area (Å²) in [6, 6.07) is 0. The number of hydrogen-bond acceptors (Lipinski definition) is 1.